The molecule has 9 nitrogen and oxygen atoms in total. The van der Waals surface area contributed by atoms with Crippen molar-refractivity contribution in [2.45, 2.75) is 38.4 Å². The first-order chi connectivity index (χ1) is 11.4. The number of aryl methyl sites for hydroxylation is 1. The van der Waals surface area contributed by atoms with Gasteiger partial charge in [0, 0.05) is 25.9 Å². The van der Waals surface area contributed by atoms with Crippen molar-refractivity contribution >= 4 is 21.7 Å². The quantitative estimate of drug-likeness (QED) is 0.680. The molecule has 0 saturated carbocycles. The Hall–Kier alpha value is -1.97. The summed E-state index contributed by atoms with van der Waals surface area (Å²) in [5.41, 5.74) is 0. The third kappa shape index (κ3) is 3.28. The summed E-state index contributed by atoms with van der Waals surface area (Å²) in [7, 11) is -3.24. The molecule has 0 bridgehead atoms. The van der Waals surface area contributed by atoms with Gasteiger partial charge in [0.05, 0.1) is 30.1 Å². The van der Waals surface area contributed by atoms with E-state index in [2.05, 4.69) is 10.1 Å². The highest BCUT2D eigenvalue weighted by atomic mass is 32.2. The van der Waals surface area contributed by atoms with Gasteiger partial charge in [-0.1, -0.05) is 6.92 Å². The molecule has 2 atom stereocenters. The summed E-state index contributed by atoms with van der Waals surface area (Å²) in [6, 6.07) is -0.867. The van der Waals surface area contributed by atoms with Crippen LogP contribution in [0.5, 0.6) is 0 Å². The topological polar surface area (TPSA) is 105 Å². The summed E-state index contributed by atoms with van der Waals surface area (Å²) in [5, 5.41) is 3.96. The van der Waals surface area contributed by atoms with E-state index >= 15 is 0 Å². The second kappa shape index (κ2) is 6.50. The van der Waals surface area contributed by atoms with Gasteiger partial charge < -0.3 is 9.80 Å². The van der Waals surface area contributed by atoms with Crippen LogP contribution in [-0.4, -0.2) is 81.5 Å². The van der Waals surface area contributed by atoms with Crippen LogP contribution >= 0.6 is 0 Å². The van der Waals surface area contributed by atoms with E-state index in [1.807, 2.05) is 0 Å². The summed E-state index contributed by atoms with van der Waals surface area (Å²) in [5.74, 6) is -0.297. The fourth-order valence-electron chi connectivity index (χ4n) is 3.48. The number of piperazine rings is 1. The van der Waals surface area contributed by atoms with Crippen molar-refractivity contribution in [3.63, 3.8) is 0 Å². The molecule has 0 N–H and O–H groups in total. The van der Waals surface area contributed by atoms with Gasteiger partial charge in [-0.05, 0) is 0 Å². The summed E-state index contributed by atoms with van der Waals surface area (Å²) in [6.45, 7) is 2.92. The lowest BCUT2D eigenvalue weighted by molar-refractivity contribution is -0.145. The monoisotopic (exact) mass is 355 g/mol. The average Bonchev–Trinajstić information content (AvgIpc) is 3.16. The maximum atomic E-state index is 12.6. The van der Waals surface area contributed by atoms with Gasteiger partial charge in [-0.25, -0.2) is 13.4 Å². The van der Waals surface area contributed by atoms with Crippen molar-refractivity contribution < 1.29 is 18.0 Å². The summed E-state index contributed by atoms with van der Waals surface area (Å²) in [6.07, 6.45) is 3.50. The molecule has 0 spiro atoms. The highest BCUT2D eigenvalue weighted by Crippen LogP contribution is 2.28. The Balaban J connectivity index is 1.73. The number of carbonyl (C=O) groups is 2. The van der Waals surface area contributed by atoms with Crippen molar-refractivity contribution in [2.75, 3.05) is 24.6 Å². The first kappa shape index (κ1) is 16.9. The first-order valence-corrected chi connectivity index (χ1v) is 9.85. The molecule has 2 aliphatic heterocycles. The molecule has 2 amide bonds. The molecule has 2 saturated heterocycles. The van der Waals surface area contributed by atoms with Crippen molar-refractivity contribution in [2.24, 2.45) is 0 Å². The van der Waals surface area contributed by atoms with Crippen LogP contribution in [0, 0.1) is 0 Å². The van der Waals surface area contributed by atoms with Gasteiger partial charge in [-0.2, -0.15) is 5.10 Å². The summed E-state index contributed by atoms with van der Waals surface area (Å²) in [4.78, 5) is 31.7. The number of sulfone groups is 1. The van der Waals surface area contributed by atoms with Crippen LogP contribution in [0.15, 0.2) is 12.7 Å². The lowest BCUT2D eigenvalue weighted by atomic mass is 10.0. The fourth-order valence-corrected chi connectivity index (χ4v) is 5.46. The molecule has 3 rings (SSSR count). The number of fused-ring (bicyclic) bond motifs is 1. The third-order valence-electron chi connectivity index (χ3n) is 4.64. The minimum atomic E-state index is -3.24. The van der Waals surface area contributed by atoms with E-state index in [0.29, 0.717) is 26.1 Å². The lowest BCUT2D eigenvalue weighted by Gasteiger charge is -2.44. The van der Waals surface area contributed by atoms with Crippen LogP contribution in [0.25, 0.3) is 0 Å². The van der Waals surface area contributed by atoms with Crippen LogP contribution in [0.3, 0.4) is 0 Å². The Morgan fingerprint density at radius 3 is 2.29 bits per heavy atom. The van der Waals surface area contributed by atoms with Crippen LogP contribution < -0.4 is 0 Å². The van der Waals surface area contributed by atoms with Crippen LogP contribution in [0.1, 0.15) is 19.8 Å². The minimum Gasteiger partial charge on any atom is -0.335 e. The molecule has 10 heteroatoms. The molecule has 0 aromatic carbocycles. The second-order valence-electron chi connectivity index (χ2n) is 6.15. The Kier molecular flexibility index (Phi) is 4.57. The molecule has 3 heterocycles. The fraction of sp³-hybridized carbons (Fsp3) is 0.714. The predicted octanol–water partition coefficient (Wildman–Crippen LogP) is -1.09. The second-order valence-corrected chi connectivity index (χ2v) is 8.30. The standard InChI is InChI=1S/C14H21N5O4S/c1-2-13(20)18-5-6-19(12-8-24(22,23)7-11(12)18)14(21)3-4-17-10-15-9-16-17/h9-12H,2-8H2,1H3/t11-,12+/m1/s1. The molecule has 2 aliphatic rings. The predicted molar refractivity (Wildman–Crippen MR) is 84.6 cm³/mol. The van der Waals surface area contributed by atoms with Crippen LogP contribution in [0.4, 0.5) is 0 Å². The van der Waals surface area contributed by atoms with Gasteiger partial charge in [-0.15, -0.1) is 0 Å². The largest absolute Gasteiger partial charge is 0.335 e. The Bertz CT molecular complexity index is 718. The molecule has 0 radical (unpaired) electrons. The number of hydrogen-bond donors (Lipinski definition) is 0. The lowest BCUT2D eigenvalue weighted by Crippen LogP contribution is -2.61. The van der Waals surface area contributed by atoms with Crippen LogP contribution in [0.2, 0.25) is 0 Å². The van der Waals surface area contributed by atoms with E-state index in [0.717, 1.165) is 0 Å². The zero-order chi connectivity index (χ0) is 17.3. The van der Waals surface area contributed by atoms with Gasteiger partial charge in [0.15, 0.2) is 9.84 Å². The normalized spacial score (nSPS) is 25.5. The smallest absolute Gasteiger partial charge is 0.224 e. The summed E-state index contributed by atoms with van der Waals surface area (Å²) >= 11 is 0. The maximum Gasteiger partial charge on any atom is 0.224 e. The average molecular weight is 355 g/mol. The highest BCUT2D eigenvalue weighted by Gasteiger charge is 2.48. The van der Waals surface area contributed by atoms with Gasteiger partial charge in [-0.3, -0.25) is 14.3 Å². The molecule has 0 aliphatic carbocycles. The van der Waals surface area contributed by atoms with Crippen molar-refractivity contribution in [1.82, 2.24) is 24.6 Å². The Morgan fingerprint density at radius 1 is 1.12 bits per heavy atom. The van der Waals surface area contributed by atoms with Gasteiger partial charge >= 0.3 is 0 Å². The zero-order valence-corrected chi connectivity index (χ0v) is 14.4. The molecule has 24 heavy (non-hydrogen) atoms. The number of rotatable bonds is 4. The molecule has 0 unspecified atom stereocenters. The number of amides is 2. The zero-order valence-electron chi connectivity index (χ0n) is 13.5. The number of carbonyl (C=O) groups excluding carboxylic acids is 2. The van der Waals surface area contributed by atoms with E-state index < -0.39 is 21.9 Å². The van der Waals surface area contributed by atoms with Gasteiger partial charge in [0.1, 0.15) is 12.7 Å². The van der Waals surface area contributed by atoms with Gasteiger partial charge in [0.2, 0.25) is 11.8 Å². The number of nitrogens with zero attached hydrogens (tertiary/aromatic N) is 5. The molecule has 1 aromatic rings. The van der Waals surface area contributed by atoms with Crippen LogP contribution in [-0.2, 0) is 26.0 Å². The highest BCUT2D eigenvalue weighted by molar-refractivity contribution is 7.91. The van der Waals surface area contributed by atoms with E-state index in [4.69, 9.17) is 0 Å². The Labute approximate surface area is 140 Å². The molecule has 2 fully saturated rings. The third-order valence-corrected chi connectivity index (χ3v) is 6.34. The minimum absolute atomic E-state index is 0.0585. The Morgan fingerprint density at radius 2 is 1.75 bits per heavy atom. The van der Waals surface area contributed by atoms with Crippen molar-refractivity contribution in [3.05, 3.63) is 12.7 Å². The van der Waals surface area contributed by atoms with E-state index in [-0.39, 0.29) is 29.7 Å². The number of aromatic nitrogens is 3. The molecular weight excluding hydrogens is 334 g/mol. The molecular formula is C14H21N5O4S. The maximum absolute atomic E-state index is 12.6. The van der Waals surface area contributed by atoms with E-state index in [1.54, 1.807) is 21.4 Å². The van der Waals surface area contributed by atoms with Crippen molar-refractivity contribution in [3.8, 4) is 0 Å². The summed E-state index contributed by atoms with van der Waals surface area (Å²) < 4.78 is 25.7. The first-order valence-electron chi connectivity index (χ1n) is 8.03. The number of hydrogen-bond acceptors (Lipinski definition) is 6. The van der Waals surface area contributed by atoms with Gasteiger partial charge in [0.25, 0.3) is 0 Å². The van der Waals surface area contributed by atoms with Crippen molar-refractivity contribution in [1.29, 1.82) is 0 Å². The molecule has 132 valence electrons. The van der Waals surface area contributed by atoms with E-state index in [1.165, 1.54) is 12.7 Å². The molecule has 1 aromatic heterocycles. The SMILES string of the molecule is CCC(=O)N1CCN(C(=O)CCn2cncn2)[C@H]2CS(=O)(=O)C[C@H]21. The van der Waals surface area contributed by atoms with E-state index in [9.17, 15) is 18.0 Å².